The Balaban J connectivity index is 1.89. The Morgan fingerprint density at radius 3 is 2.58 bits per heavy atom. The van der Waals surface area contributed by atoms with E-state index in [4.69, 9.17) is 19.3 Å². The molecule has 138 valence electrons. The molecule has 12 heteroatoms. The zero-order chi connectivity index (χ0) is 17.9. The molecular formula is C12H22N3O8P. The Bertz CT molecular complexity index is 578. The molecule has 5 N–H and O–H groups in total. The highest BCUT2D eigenvalue weighted by Gasteiger charge is 2.44. The van der Waals surface area contributed by atoms with E-state index in [1.165, 1.54) is 4.68 Å². The van der Waals surface area contributed by atoms with E-state index in [0.29, 0.717) is 6.54 Å². The van der Waals surface area contributed by atoms with Crippen molar-refractivity contribution in [2.75, 3.05) is 12.8 Å². The fraction of sp³-hybridized carbons (Fsp3) is 0.833. The predicted octanol–water partition coefficient (Wildman–Crippen LogP) is -2.02. The van der Waals surface area contributed by atoms with Crippen molar-refractivity contribution in [3.05, 3.63) is 11.9 Å². The summed E-state index contributed by atoms with van der Waals surface area (Å²) < 4.78 is 23.2. The van der Waals surface area contributed by atoms with Crippen molar-refractivity contribution in [2.45, 2.75) is 50.6 Å². The minimum absolute atomic E-state index is 0.0958. The van der Waals surface area contributed by atoms with E-state index >= 15 is 0 Å². The van der Waals surface area contributed by atoms with Crippen LogP contribution in [-0.4, -0.2) is 83.6 Å². The molecule has 0 aromatic carbocycles. The molecule has 2 rings (SSSR count). The van der Waals surface area contributed by atoms with Gasteiger partial charge < -0.3 is 34.6 Å². The molecule has 11 nitrogen and oxygen atoms in total. The molecular weight excluding hydrogens is 345 g/mol. The lowest BCUT2D eigenvalue weighted by molar-refractivity contribution is -0.297. The zero-order valence-corrected chi connectivity index (χ0v) is 13.9. The number of ether oxygens (including phenoxy) is 2. The number of hydrogen-bond donors (Lipinski definition) is 5. The average molecular weight is 367 g/mol. The van der Waals surface area contributed by atoms with Gasteiger partial charge in [-0.1, -0.05) is 5.21 Å². The SMILES string of the molecule is Cc1cn(CCOC2OC(CCP(=O)(O)O)C(O)C(O)C2O)nn1. The van der Waals surface area contributed by atoms with Crippen LogP contribution in [0.25, 0.3) is 0 Å². The average Bonchev–Trinajstić information content (AvgIpc) is 2.90. The molecule has 0 spiro atoms. The summed E-state index contributed by atoms with van der Waals surface area (Å²) in [6.45, 7) is 2.21. The molecule has 24 heavy (non-hydrogen) atoms. The maximum absolute atomic E-state index is 10.9. The molecule has 0 bridgehead atoms. The van der Waals surface area contributed by atoms with Gasteiger partial charge in [0.1, 0.15) is 18.3 Å². The predicted molar refractivity (Wildman–Crippen MR) is 78.9 cm³/mol. The van der Waals surface area contributed by atoms with Crippen molar-refractivity contribution >= 4 is 7.60 Å². The summed E-state index contributed by atoms with van der Waals surface area (Å²) in [6.07, 6.45) is -5.78. The first-order valence-corrected chi connectivity index (χ1v) is 9.20. The van der Waals surface area contributed by atoms with Crippen molar-refractivity contribution in [3.8, 4) is 0 Å². The lowest BCUT2D eigenvalue weighted by atomic mass is 9.97. The van der Waals surface area contributed by atoms with Gasteiger partial charge in [0.2, 0.25) is 0 Å². The monoisotopic (exact) mass is 367 g/mol. The van der Waals surface area contributed by atoms with E-state index in [1.54, 1.807) is 13.1 Å². The lowest BCUT2D eigenvalue weighted by Crippen LogP contribution is -2.58. The third-order valence-electron chi connectivity index (χ3n) is 3.63. The molecule has 2 heterocycles. The number of aliphatic hydroxyl groups excluding tert-OH is 3. The molecule has 0 aliphatic carbocycles. The topological polar surface area (TPSA) is 167 Å². The van der Waals surface area contributed by atoms with Crippen molar-refractivity contribution < 1.29 is 39.1 Å². The summed E-state index contributed by atoms with van der Waals surface area (Å²) >= 11 is 0. The largest absolute Gasteiger partial charge is 0.388 e. The van der Waals surface area contributed by atoms with Gasteiger partial charge in [-0.2, -0.15) is 0 Å². The maximum atomic E-state index is 10.9. The van der Waals surface area contributed by atoms with E-state index in [0.717, 1.165) is 5.69 Å². The summed E-state index contributed by atoms with van der Waals surface area (Å²) in [5.41, 5.74) is 0.736. The molecule has 1 aliphatic rings. The van der Waals surface area contributed by atoms with E-state index in [1.807, 2.05) is 0 Å². The quantitative estimate of drug-likeness (QED) is 0.339. The Kier molecular flexibility index (Phi) is 6.46. The molecule has 1 fully saturated rings. The smallest absolute Gasteiger partial charge is 0.325 e. The van der Waals surface area contributed by atoms with Crippen molar-refractivity contribution in [1.29, 1.82) is 0 Å². The summed E-state index contributed by atoms with van der Waals surface area (Å²) in [5.74, 6) is 0. The van der Waals surface area contributed by atoms with Crippen LogP contribution in [-0.2, 0) is 20.6 Å². The van der Waals surface area contributed by atoms with Crippen LogP contribution in [0, 0.1) is 6.92 Å². The van der Waals surface area contributed by atoms with Crippen LogP contribution < -0.4 is 0 Å². The number of rotatable bonds is 7. The molecule has 5 unspecified atom stereocenters. The van der Waals surface area contributed by atoms with Crippen molar-refractivity contribution in [1.82, 2.24) is 15.0 Å². The Hall–Kier alpha value is -0.910. The molecule has 0 saturated carbocycles. The van der Waals surface area contributed by atoms with Gasteiger partial charge in [0.05, 0.1) is 31.1 Å². The third-order valence-corrected chi connectivity index (χ3v) is 4.47. The van der Waals surface area contributed by atoms with E-state index in [2.05, 4.69) is 10.3 Å². The van der Waals surface area contributed by atoms with E-state index < -0.39 is 44.5 Å². The summed E-state index contributed by atoms with van der Waals surface area (Å²) in [6, 6.07) is 0. The molecule has 1 aliphatic heterocycles. The van der Waals surface area contributed by atoms with Gasteiger partial charge in [-0.05, 0) is 13.3 Å². The van der Waals surface area contributed by atoms with Gasteiger partial charge in [0.15, 0.2) is 6.29 Å². The van der Waals surface area contributed by atoms with Crippen molar-refractivity contribution in [3.63, 3.8) is 0 Å². The van der Waals surface area contributed by atoms with Crippen LogP contribution in [0.1, 0.15) is 12.1 Å². The molecule has 1 aromatic rings. The van der Waals surface area contributed by atoms with Crippen LogP contribution in [0.5, 0.6) is 0 Å². The van der Waals surface area contributed by atoms with Gasteiger partial charge in [-0.15, -0.1) is 5.10 Å². The highest BCUT2D eigenvalue weighted by atomic mass is 31.2. The standard InChI is InChI=1S/C12H22N3O8P/c1-7-6-15(14-13-7)3-4-22-12-11(18)10(17)9(16)8(23-12)2-5-24(19,20)21/h6,8-12,16-18H,2-5H2,1H3,(H2,19,20,21). The minimum Gasteiger partial charge on any atom is -0.388 e. The zero-order valence-electron chi connectivity index (χ0n) is 13.0. The maximum Gasteiger partial charge on any atom is 0.325 e. The number of aromatic nitrogens is 3. The molecule has 0 amide bonds. The molecule has 5 atom stereocenters. The summed E-state index contributed by atoms with van der Waals surface area (Å²) in [7, 11) is -4.27. The normalized spacial score (nSPS) is 31.3. The van der Waals surface area contributed by atoms with Gasteiger partial charge in [-0.25, -0.2) is 4.68 Å². The highest BCUT2D eigenvalue weighted by Crippen LogP contribution is 2.37. The van der Waals surface area contributed by atoms with Crippen LogP contribution in [0.2, 0.25) is 0 Å². The number of hydrogen-bond acceptors (Lipinski definition) is 8. The Labute approximate surface area is 138 Å². The van der Waals surface area contributed by atoms with E-state index in [9.17, 15) is 19.9 Å². The highest BCUT2D eigenvalue weighted by molar-refractivity contribution is 7.51. The van der Waals surface area contributed by atoms with Crippen molar-refractivity contribution in [2.24, 2.45) is 0 Å². The first-order chi connectivity index (χ1) is 11.2. The van der Waals surface area contributed by atoms with Gasteiger partial charge in [-0.3, -0.25) is 4.57 Å². The van der Waals surface area contributed by atoms with Gasteiger partial charge >= 0.3 is 7.60 Å². The molecule has 0 radical (unpaired) electrons. The second kappa shape index (κ2) is 7.98. The molecule has 1 saturated heterocycles. The summed E-state index contributed by atoms with van der Waals surface area (Å²) in [5, 5.41) is 37.3. The second-order valence-electron chi connectivity index (χ2n) is 5.69. The van der Waals surface area contributed by atoms with Crippen LogP contribution in [0.4, 0.5) is 0 Å². The van der Waals surface area contributed by atoms with Gasteiger partial charge in [0, 0.05) is 6.20 Å². The first kappa shape index (κ1) is 19.4. The van der Waals surface area contributed by atoms with Gasteiger partial charge in [0.25, 0.3) is 0 Å². The van der Waals surface area contributed by atoms with Crippen LogP contribution >= 0.6 is 7.60 Å². The fourth-order valence-corrected chi connectivity index (χ4v) is 2.95. The Morgan fingerprint density at radius 2 is 2.00 bits per heavy atom. The lowest BCUT2D eigenvalue weighted by Gasteiger charge is -2.40. The van der Waals surface area contributed by atoms with Crippen LogP contribution in [0.15, 0.2) is 6.20 Å². The fourth-order valence-electron chi connectivity index (χ4n) is 2.36. The van der Waals surface area contributed by atoms with Crippen LogP contribution in [0.3, 0.4) is 0 Å². The number of nitrogens with zero attached hydrogens (tertiary/aromatic N) is 3. The summed E-state index contributed by atoms with van der Waals surface area (Å²) in [4.78, 5) is 17.8. The molecule has 1 aromatic heterocycles. The second-order valence-corrected chi connectivity index (χ2v) is 7.46. The Morgan fingerprint density at radius 1 is 1.29 bits per heavy atom. The minimum atomic E-state index is -4.27. The van der Waals surface area contributed by atoms with E-state index in [-0.39, 0.29) is 13.0 Å². The number of aryl methyl sites for hydroxylation is 1. The number of aliphatic hydroxyl groups is 3. The third kappa shape index (κ3) is 5.30. The first-order valence-electron chi connectivity index (χ1n) is 7.40.